The van der Waals surface area contributed by atoms with Crippen molar-refractivity contribution >= 4 is 26.9 Å². The van der Waals surface area contributed by atoms with Gasteiger partial charge in [0.15, 0.2) is 5.82 Å². The van der Waals surface area contributed by atoms with Crippen LogP contribution in [0.4, 0.5) is 5.82 Å². The molecular formula is C24H23N3O4S. The third kappa shape index (κ3) is 4.50. The van der Waals surface area contributed by atoms with Crippen molar-refractivity contribution in [2.45, 2.75) is 18.2 Å². The molecule has 0 bridgehead atoms. The van der Waals surface area contributed by atoms with E-state index in [-0.39, 0.29) is 10.7 Å². The summed E-state index contributed by atoms with van der Waals surface area (Å²) in [4.78, 5) is 9.43. The highest BCUT2D eigenvalue weighted by atomic mass is 32.2. The number of sulfonamides is 1. The Morgan fingerprint density at radius 1 is 0.875 bits per heavy atom. The van der Waals surface area contributed by atoms with E-state index in [1.807, 2.05) is 37.3 Å². The first-order valence-corrected chi connectivity index (χ1v) is 11.4. The quantitative estimate of drug-likeness (QED) is 0.451. The van der Waals surface area contributed by atoms with Crippen LogP contribution in [0, 0.1) is 6.92 Å². The van der Waals surface area contributed by atoms with Crippen LogP contribution in [0.25, 0.3) is 11.0 Å². The number of rotatable bonds is 7. The summed E-state index contributed by atoms with van der Waals surface area (Å²) in [5, 5.41) is 0. The largest absolute Gasteiger partial charge is 0.497 e. The molecule has 7 nitrogen and oxygen atoms in total. The van der Waals surface area contributed by atoms with E-state index in [0.29, 0.717) is 34.6 Å². The second-order valence-electron chi connectivity index (χ2n) is 7.28. The summed E-state index contributed by atoms with van der Waals surface area (Å²) in [6.07, 6.45) is 0.316. The van der Waals surface area contributed by atoms with E-state index < -0.39 is 10.0 Å². The lowest BCUT2D eigenvalue weighted by Gasteiger charge is -2.14. The third-order valence-electron chi connectivity index (χ3n) is 5.06. The Morgan fingerprint density at radius 3 is 2.22 bits per heavy atom. The zero-order valence-corrected chi connectivity index (χ0v) is 18.8. The summed E-state index contributed by atoms with van der Waals surface area (Å²) < 4.78 is 39.5. The first kappa shape index (κ1) is 21.6. The smallest absolute Gasteiger partial charge is 0.263 e. The molecule has 0 unspecified atom stereocenters. The van der Waals surface area contributed by atoms with E-state index in [1.165, 1.54) is 0 Å². The highest BCUT2D eigenvalue weighted by Crippen LogP contribution is 2.29. The maximum absolute atomic E-state index is 13.0. The van der Waals surface area contributed by atoms with Crippen LogP contribution in [0.1, 0.15) is 16.8 Å². The SMILES string of the molecule is COc1ccc(Cc2nc3ccccc3nc2NS(=O)(=O)c2ccc(C)cc2)c(OC)c1. The number of anilines is 1. The first-order chi connectivity index (χ1) is 15.4. The van der Waals surface area contributed by atoms with E-state index >= 15 is 0 Å². The van der Waals surface area contributed by atoms with Crippen LogP contribution in [0.15, 0.2) is 71.6 Å². The minimum atomic E-state index is -3.84. The van der Waals surface area contributed by atoms with Crippen molar-refractivity contribution in [3.8, 4) is 11.5 Å². The number of fused-ring (bicyclic) bond motifs is 1. The number of nitrogens with zero attached hydrogens (tertiary/aromatic N) is 2. The lowest BCUT2D eigenvalue weighted by atomic mass is 10.1. The molecule has 0 amide bonds. The molecule has 0 saturated carbocycles. The molecule has 0 atom stereocenters. The summed E-state index contributed by atoms with van der Waals surface area (Å²) in [5.74, 6) is 1.46. The lowest BCUT2D eigenvalue weighted by Crippen LogP contribution is -2.16. The van der Waals surface area contributed by atoms with E-state index in [1.54, 1.807) is 50.6 Å². The Morgan fingerprint density at radius 2 is 1.56 bits per heavy atom. The van der Waals surface area contributed by atoms with Crippen LogP contribution in [-0.2, 0) is 16.4 Å². The molecule has 0 aliphatic carbocycles. The van der Waals surface area contributed by atoms with Crippen molar-refractivity contribution in [1.29, 1.82) is 0 Å². The Kier molecular flexibility index (Phi) is 5.96. The van der Waals surface area contributed by atoms with Gasteiger partial charge in [-0.3, -0.25) is 4.72 Å². The average molecular weight is 450 g/mol. The lowest BCUT2D eigenvalue weighted by molar-refractivity contribution is 0.391. The fraction of sp³-hybridized carbons (Fsp3) is 0.167. The molecule has 1 heterocycles. The van der Waals surface area contributed by atoms with Gasteiger partial charge in [0.2, 0.25) is 0 Å². The van der Waals surface area contributed by atoms with Gasteiger partial charge >= 0.3 is 0 Å². The monoisotopic (exact) mass is 449 g/mol. The number of benzene rings is 3. The van der Waals surface area contributed by atoms with Crippen molar-refractivity contribution < 1.29 is 17.9 Å². The minimum absolute atomic E-state index is 0.158. The second-order valence-corrected chi connectivity index (χ2v) is 8.96. The summed E-state index contributed by atoms with van der Waals surface area (Å²) in [5.41, 5.74) is 3.56. The number of methoxy groups -OCH3 is 2. The van der Waals surface area contributed by atoms with E-state index in [4.69, 9.17) is 14.5 Å². The maximum atomic E-state index is 13.0. The van der Waals surface area contributed by atoms with Crippen LogP contribution >= 0.6 is 0 Å². The van der Waals surface area contributed by atoms with Gasteiger partial charge < -0.3 is 9.47 Å². The van der Waals surface area contributed by atoms with Crippen molar-refractivity contribution in [1.82, 2.24) is 9.97 Å². The molecule has 32 heavy (non-hydrogen) atoms. The van der Waals surface area contributed by atoms with Gasteiger partial charge in [0.25, 0.3) is 10.0 Å². The van der Waals surface area contributed by atoms with Gasteiger partial charge in [-0.2, -0.15) is 0 Å². The predicted molar refractivity (Wildman–Crippen MR) is 124 cm³/mol. The highest BCUT2D eigenvalue weighted by Gasteiger charge is 2.20. The average Bonchev–Trinajstić information content (AvgIpc) is 2.79. The molecule has 4 aromatic rings. The molecule has 0 spiro atoms. The van der Waals surface area contributed by atoms with Crippen molar-refractivity contribution in [3.05, 3.63) is 83.6 Å². The summed E-state index contributed by atoms with van der Waals surface area (Å²) in [7, 11) is -0.684. The van der Waals surface area contributed by atoms with Gasteiger partial charge in [0.05, 0.1) is 35.8 Å². The zero-order chi connectivity index (χ0) is 22.7. The Hall–Kier alpha value is -3.65. The van der Waals surface area contributed by atoms with Crippen LogP contribution in [0.5, 0.6) is 11.5 Å². The van der Waals surface area contributed by atoms with Gasteiger partial charge in [-0.05, 0) is 37.3 Å². The molecule has 0 radical (unpaired) electrons. The molecule has 8 heteroatoms. The molecule has 0 aliphatic rings. The molecule has 0 fully saturated rings. The van der Waals surface area contributed by atoms with Crippen molar-refractivity contribution in [3.63, 3.8) is 0 Å². The molecular weight excluding hydrogens is 426 g/mol. The molecule has 0 saturated heterocycles. The molecule has 164 valence electrons. The Balaban J connectivity index is 1.78. The van der Waals surface area contributed by atoms with Gasteiger partial charge in [0.1, 0.15) is 11.5 Å². The fourth-order valence-corrected chi connectivity index (χ4v) is 4.35. The Bertz CT molecular complexity index is 1370. The number of aromatic nitrogens is 2. The van der Waals surface area contributed by atoms with Gasteiger partial charge in [-0.15, -0.1) is 0 Å². The van der Waals surface area contributed by atoms with Gasteiger partial charge in [-0.25, -0.2) is 18.4 Å². The van der Waals surface area contributed by atoms with Crippen LogP contribution in [0.3, 0.4) is 0 Å². The third-order valence-corrected chi connectivity index (χ3v) is 6.41. The molecule has 3 aromatic carbocycles. The number of aryl methyl sites for hydroxylation is 1. The van der Waals surface area contributed by atoms with E-state index in [0.717, 1.165) is 11.1 Å². The Labute approximate surface area is 187 Å². The first-order valence-electron chi connectivity index (χ1n) is 9.95. The number of nitrogens with one attached hydrogen (secondary N) is 1. The second kappa shape index (κ2) is 8.84. The van der Waals surface area contributed by atoms with Crippen LogP contribution in [0.2, 0.25) is 0 Å². The number of hydrogen-bond acceptors (Lipinski definition) is 6. The van der Waals surface area contributed by atoms with Crippen LogP contribution in [-0.4, -0.2) is 32.6 Å². The summed E-state index contributed by atoms with van der Waals surface area (Å²) in [6.45, 7) is 1.90. The predicted octanol–water partition coefficient (Wildman–Crippen LogP) is 4.35. The summed E-state index contributed by atoms with van der Waals surface area (Å²) in [6, 6.07) is 19.4. The van der Waals surface area contributed by atoms with Gasteiger partial charge in [-0.1, -0.05) is 35.9 Å². The maximum Gasteiger partial charge on any atom is 0.263 e. The number of hydrogen-bond donors (Lipinski definition) is 1. The molecule has 1 N–H and O–H groups in total. The molecule has 1 aromatic heterocycles. The normalized spacial score (nSPS) is 11.3. The molecule has 0 aliphatic heterocycles. The van der Waals surface area contributed by atoms with Crippen molar-refractivity contribution in [2.75, 3.05) is 18.9 Å². The topological polar surface area (TPSA) is 90.4 Å². The zero-order valence-electron chi connectivity index (χ0n) is 18.0. The van der Waals surface area contributed by atoms with E-state index in [2.05, 4.69) is 9.71 Å². The fourth-order valence-electron chi connectivity index (χ4n) is 3.32. The standard InChI is InChI=1S/C24H23N3O4S/c1-16-8-12-19(13-9-16)32(28,29)27-24-22(25-20-6-4-5-7-21(20)26-24)14-17-10-11-18(30-2)15-23(17)31-3/h4-13,15H,14H2,1-3H3,(H,26,27). The summed E-state index contributed by atoms with van der Waals surface area (Å²) >= 11 is 0. The number of para-hydroxylation sites is 2. The highest BCUT2D eigenvalue weighted by molar-refractivity contribution is 7.92. The van der Waals surface area contributed by atoms with Gasteiger partial charge in [0, 0.05) is 18.1 Å². The van der Waals surface area contributed by atoms with E-state index in [9.17, 15) is 8.42 Å². The molecule has 4 rings (SSSR count). The van der Waals surface area contributed by atoms with Crippen molar-refractivity contribution in [2.24, 2.45) is 0 Å². The number of ether oxygens (including phenoxy) is 2. The minimum Gasteiger partial charge on any atom is -0.497 e. The van der Waals surface area contributed by atoms with Crippen LogP contribution < -0.4 is 14.2 Å².